The van der Waals surface area contributed by atoms with Gasteiger partial charge in [-0.2, -0.15) is 5.10 Å². The van der Waals surface area contributed by atoms with Crippen LogP contribution in [0.2, 0.25) is 0 Å². The molecule has 0 radical (unpaired) electrons. The van der Waals surface area contributed by atoms with Gasteiger partial charge in [0.25, 0.3) is 5.91 Å². The Balaban J connectivity index is 1.47. The lowest BCUT2D eigenvalue weighted by atomic mass is 10.0. The summed E-state index contributed by atoms with van der Waals surface area (Å²) in [6.45, 7) is 2.53. The van der Waals surface area contributed by atoms with Gasteiger partial charge < -0.3 is 10.1 Å². The van der Waals surface area contributed by atoms with Crippen LogP contribution in [0.25, 0.3) is 10.8 Å². The van der Waals surface area contributed by atoms with Crippen LogP contribution in [0.4, 0.5) is 5.69 Å². The van der Waals surface area contributed by atoms with E-state index < -0.39 is 0 Å². The summed E-state index contributed by atoms with van der Waals surface area (Å²) in [5.41, 5.74) is 1.40. The van der Waals surface area contributed by atoms with E-state index in [1.54, 1.807) is 6.20 Å². The molecule has 128 valence electrons. The molecule has 4 rings (SSSR count). The molecule has 0 bridgehead atoms. The van der Waals surface area contributed by atoms with E-state index in [0.717, 1.165) is 49.1 Å². The van der Waals surface area contributed by atoms with Crippen LogP contribution in [0.3, 0.4) is 0 Å². The number of carbonyl (C=O) groups is 1. The molecule has 5 heteroatoms. The fraction of sp³-hybridized carbons (Fsp3) is 0.300. The smallest absolute Gasteiger partial charge is 0.256 e. The average Bonchev–Trinajstić information content (AvgIpc) is 3.09. The highest BCUT2D eigenvalue weighted by molar-refractivity contribution is 6.12. The van der Waals surface area contributed by atoms with Gasteiger partial charge in [0, 0.05) is 31.5 Å². The summed E-state index contributed by atoms with van der Waals surface area (Å²) in [4.78, 5) is 12.7. The Morgan fingerprint density at radius 3 is 2.84 bits per heavy atom. The van der Waals surface area contributed by atoms with Crippen molar-refractivity contribution in [1.29, 1.82) is 0 Å². The van der Waals surface area contributed by atoms with Gasteiger partial charge in [0.15, 0.2) is 0 Å². The summed E-state index contributed by atoms with van der Waals surface area (Å²) < 4.78 is 7.30. The molecule has 0 aliphatic carbocycles. The number of carbonyl (C=O) groups excluding carboxylic acids is 1. The number of hydrogen-bond donors (Lipinski definition) is 1. The second-order valence-electron chi connectivity index (χ2n) is 6.49. The fourth-order valence-corrected chi connectivity index (χ4v) is 3.34. The van der Waals surface area contributed by atoms with Gasteiger partial charge in [-0.05, 0) is 35.6 Å². The highest BCUT2D eigenvalue weighted by atomic mass is 16.5. The van der Waals surface area contributed by atoms with E-state index in [0.29, 0.717) is 11.5 Å². The SMILES string of the molecule is O=C(Nc1cnn(CC2CCOCC2)c1)c1cccc2ccccc12. The zero-order chi connectivity index (χ0) is 17.1. The molecule has 0 atom stereocenters. The Morgan fingerprint density at radius 2 is 1.96 bits per heavy atom. The third-order valence-electron chi connectivity index (χ3n) is 4.71. The normalized spacial score (nSPS) is 15.4. The maximum Gasteiger partial charge on any atom is 0.256 e. The lowest BCUT2D eigenvalue weighted by Gasteiger charge is -2.21. The summed E-state index contributed by atoms with van der Waals surface area (Å²) in [5.74, 6) is 0.484. The van der Waals surface area contributed by atoms with Crippen LogP contribution >= 0.6 is 0 Å². The number of ether oxygens (including phenoxy) is 1. The van der Waals surface area contributed by atoms with Crippen molar-refractivity contribution in [3.05, 3.63) is 60.4 Å². The van der Waals surface area contributed by atoms with Crippen molar-refractivity contribution < 1.29 is 9.53 Å². The number of anilines is 1. The second kappa shape index (κ2) is 7.07. The number of nitrogens with one attached hydrogen (secondary N) is 1. The van der Waals surface area contributed by atoms with Crippen LogP contribution in [0.15, 0.2) is 54.9 Å². The molecule has 0 unspecified atom stereocenters. The molecule has 5 nitrogen and oxygen atoms in total. The molecule has 1 aliphatic heterocycles. The van der Waals surface area contributed by atoms with Crippen LogP contribution in [-0.2, 0) is 11.3 Å². The number of fused-ring (bicyclic) bond motifs is 1. The van der Waals surface area contributed by atoms with E-state index in [4.69, 9.17) is 4.74 Å². The number of benzene rings is 2. The lowest BCUT2D eigenvalue weighted by Crippen LogP contribution is -2.20. The van der Waals surface area contributed by atoms with Crippen molar-refractivity contribution >= 4 is 22.4 Å². The third kappa shape index (κ3) is 3.56. The minimum absolute atomic E-state index is 0.109. The molecule has 1 aliphatic rings. The summed E-state index contributed by atoms with van der Waals surface area (Å²) in [6, 6.07) is 13.7. The minimum Gasteiger partial charge on any atom is -0.381 e. The number of aromatic nitrogens is 2. The van der Waals surface area contributed by atoms with Crippen molar-refractivity contribution in [3.63, 3.8) is 0 Å². The van der Waals surface area contributed by atoms with E-state index in [1.807, 2.05) is 53.3 Å². The molecular weight excluding hydrogens is 314 g/mol. The number of nitrogens with zero attached hydrogens (tertiary/aromatic N) is 2. The maximum absolute atomic E-state index is 12.7. The average molecular weight is 335 g/mol. The van der Waals surface area contributed by atoms with Crippen molar-refractivity contribution in [1.82, 2.24) is 9.78 Å². The Hall–Kier alpha value is -2.66. The van der Waals surface area contributed by atoms with Crippen LogP contribution in [-0.4, -0.2) is 28.9 Å². The Labute approximate surface area is 146 Å². The second-order valence-corrected chi connectivity index (χ2v) is 6.49. The molecule has 1 saturated heterocycles. The maximum atomic E-state index is 12.7. The van der Waals surface area contributed by atoms with Crippen LogP contribution in [0, 0.1) is 5.92 Å². The first-order valence-electron chi connectivity index (χ1n) is 8.69. The molecule has 2 heterocycles. The molecule has 0 saturated carbocycles. The van der Waals surface area contributed by atoms with Crippen LogP contribution in [0.5, 0.6) is 0 Å². The molecule has 3 aromatic rings. The summed E-state index contributed by atoms with van der Waals surface area (Å²) in [6.07, 6.45) is 5.75. The van der Waals surface area contributed by atoms with Gasteiger partial charge in [0.1, 0.15) is 0 Å². The number of hydrogen-bond acceptors (Lipinski definition) is 3. The minimum atomic E-state index is -0.109. The van der Waals surface area contributed by atoms with Crippen molar-refractivity contribution in [3.8, 4) is 0 Å². The standard InChI is InChI=1S/C20H21N3O2/c24-20(19-7-3-5-16-4-1-2-6-18(16)19)22-17-12-21-23(14-17)13-15-8-10-25-11-9-15/h1-7,12,14-15H,8-11,13H2,(H,22,24). The lowest BCUT2D eigenvalue weighted by molar-refractivity contribution is 0.0601. The molecule has 2 aromatic carbocycles. The highest BCUT2D eigenvalue weighted by Gasteiger charge is 2.15. The van der Waals surface area contributed by atoms with Crippen molar-refractivity contribution in [2.75, 3.05) is 18.5 Å². The van der Waals surface area contributed by atoms with Crippen LogP contribution in [0.1, 0.15) is 23.2 Å². The molecule has 1 aromatic heterocycles. The Kier molecular flexibility index (Phi) is 4.48. The molecule has 25 heavy (non-hydrogen) atoms. The Bertz CT molecular complexity index is 876. The first-order valence-corrected chi connectivity index (χ1v) is 8.69. The highest BCUT2D eigenvalue weighted by Crippen LogP contribution is 2.21. The fourth-order valence-electron chi connectivity index (χ4n) is 3.34. The number of rotatable bonds is 4. The summed E-state index contributed by atoms with van der Waals surface area (Å²) >= 11 is 0. The zero-order valence-corrected chi connectivity index (χ0v) is 14.0. The van der Waals surface area contributed by atoms with Gasteiger partial charge in [-0.15, -0.1) is 0 Å². The van der Waals surface area contributed by atoms with Crippen molar-refractivity contribution in [2.45, 2.75) is 19.4 Å². The summed E-state index contributed by atoms with van der Waals surface area (Å²) in [5, 5.41) is 9.36. The topological polar surface area (TPSA) is 56.2 Å². The zero-order valence-electron chi connectivity index (χ0n) is 14.0. The summed E-state index contributed by atoms with van der Waals surface area (Å²) in [7, 11) is 0. The van der Waals surface area contributed by atoms with Crippen LogP contribution < -0.4 is 5.32 Å². The molecule has 1 N–H and O–H groups in total. The van der Waals surface area contributed by atoms with Gasteiger partial charge >= 0.3 is 0 Å². The van der Waals surface area contributed by atoms with E-state index >= 15 is 0 Å². The van der Waals surface area contributed by atoms with Crippen molar-refractivity contribution in [2.24, 2.45) is 5.92 Å². The van der Waals surface area contributed by atoms with E-state index in [9.17, 15) is 4.79 Å². The van der Waals surface area contributed by atoms with E-state index in [2.05, 4.69) is 10.4 Å². The molecule has 1 amide bonds. The third-order valence-corrected chi connectivity index (χ3v) is 4.71. The molecular formula is C20H21N3O2. The number of amides is 1. The van der Waals surface area contributed by atoms with Gasteiger partial charge in [-0.1, -0.05) is 36.4 Å². The predicted molar refractivity (Wildman–Crippen MR) is 97.7 cm³/mol. The monoisotopic (exact) mass is 335 g/mol. The van der Waals surface area contributed by atoms with E-state index in [1.165, 1.54) is 0 Å². The first kappa shape index (κ1) is 15.8. The quantitative estimate of drug-likeness (QED) is 0.791. The molecule has 1 fully saturated rings. The predicted octanol–water partition coefficient (Wildman–Crippen LogP) is 3.72. The largest absolute Gasteiger partial charge is 0.381 e. The molecule has 0 spiro atoms. The van der Waals surface area contributed by atoms with E-state index in [-0.39, 0.29) is 5.91 Å². The van der Waals surface area contributed by atoms with Gasteiger partial charge in [0.05, 0.1) is 11.9 Å². The Morgan fingerprint density at radius 1 is 1.16 bits per heavy atom. The van der Waals surface area contributed by atoms with Gasteiger partial charge in [-0.25, -0.2) is 0 Å². The van der Waals surface area contributed by atoms with Gasteiger partial charge in [-0.3, -0.25) is 9.48 Å². The van der Waals surface area contributed by atoms with Gasteiger partial charge in [0.2, 0.25) is 0 Å². The first-order chi connectivity index (χ1) is 12.3.